The number of primary amides is 1. The summed E-state index contributed by atoms with van der Waals surface area (Å²) < 4.78 is 5.60. The van der Waals surface area contributed by atoms with Gasteiger partial charge < -0.3 is 15.4 Å². The minimum Gasteiger partial charge on any atom is -0.460 e. The monoisotopic (exact) mass is 586 g/mol. The van der Waals surface area contributed by atoms with Crippen molar-refractivity contribution < 1.29 is 28.7 Å². The van der Waals surface area contributed by atoms with Crippen molar-refractivity contribution >= 4 is 29.4 Å². The van der Waals surface area contributed by atoms with Crippen LogP contribution in [0.2, 0.25) is 0 Å². The Labute approximate surface area is 252 Å². The first kappa shape index (κ1) is 32.7. The van der Waals surface area contributed by atoms with Crippen LogP contribution in [0.3, 0.4) is 0 Å². The Morgan fingerprint density at radius 3 is 2.05 bits per heavy atom. The molecular weight excluding hydrogens is 532 g/mol. The van der Waals surface area contributed by atoms with Crippen LogP contribution in [0, 0.1) is 40.4 Å². The molecule has 2 N–H and O–H groups in total. The molecule has 0 aromatic carbocycles. The average molecular weight is 587 g/mol. The van der Waals surface area contributed by atoms with Crippen molar-refractivity contribution in [3.63, 3.8) is 0 Å². The molecule has 1 aliphatic heterocycles. The van der Waals surface area contributed by atoms with E-state index >= 15 is 0 Å². The number of carbonyl (C=O) groups excluding carboxylic acids is 5. The van der Waals surface area contributed by atoms with Crippen molar-refractivity contribution in [1.82, 2.24) is 4.90 Å². The number of ether oxygens (including phenoxy) is 1. The van der Waals surface area contributed by atoms with Crippen LogP contribution < -0.4 is 5.73 Å². The third kappa shape index (κ3) is 7.63. The second-order valence-electron chi connectivity index (χ2n) is 16.1. The summed E-state index contributed by atoms with van der Waals surface area (Å²) in [4.78, 5) is 67.8. The van der Waals surface area contributed by atoms with E-state index in [2.05, 4.69) is 0 Å². The molecule has 4 rings (SSSR count). The van der Waals surface area contributed by atoms with Crippen molar-refractivity contribution in [2.24, 2.45) is 46.2 Å². The number of amides is 2. The van der Waals surface area contributed by atoms with Crippen LogP contribution >= 0.6 is 0 Å². The predicted molar refractivity (Wildman–Crippen MR) is 160 cm³/mol. The van der Waals surface area contributed by atoms with Gasteiger partial charge in [0.1, 0.15) is 5.60 Å². The summed E-state index contributed by atoms with van der Waals surface area (Å²) in [6.45, 7) is 11.8. The van der Waals surface area contributed by atoms with Gasteiger partial charge in [-0.1, -0.05) is 72.1 Å². The Morgan fingerprint density at radius 1 is 0.881 bits per heavy atom. The molecule has 8 nitrogen and oxygen atoms in total. The van der Waals surface area contributed by atoms with Crippen LogP contribution in [-0.2, 0) is 28.7 Å². The Kier molecular flexibility index (Phi) is 9.64. The molecule has 0 radical (unpaired) electrons. The Hall–Kier alpha value is -2.25. The van der Waals surface area contributed by atoms with Gasteiger partial charge in [-0.25, -0.2) is 0 Å². The SMILES string of the molecule is CC(C)(C)OC(=O)C[C@H](C(=O)N1C[C@@]2(CC1C(=O)CC(CC1CCC1)C(=O)C(N)=O)C[C@@H]2C1CCCCC1)C(C)(C)C. The standard InChI is InChI=1S/C34H54N2O6/c1-32(2,3)24(17-28(38)42-33(4,5)6)31(41)36-20-34(18-25(34)22-13-8-7-9-14-22)19-26(36)27(37)16-23(29(39)30(35)40)15-21-11-10-12-21/h21-26H,7-20H2,1-6H3,(H2,35,40)/t23?,24-,25-,26?,34+/m1/s1. The molecule has 2 unspecified atom stereocenters. The van der Waals surface area contributed by atoms with Gasteiger partial charge in [-0.2, -0.15) is 0 Å². The molecule has 236 valence electrons. The van der Waals surface area contributed by atoms with E-state index in [1.165, 1.54) is 32.1 Å². The number of carbonyl (C=O) groups is 5. The quantitative estimate of drug-likeness (QED) is 0.256. The van der Waals surface area contributed by atoms with Crippen molar-refractivity contribution in [3.8, 4) is 0 Å². The Morgan fingerprint density at radius 2 is 1.52 bits per heavy atom. The molecule has 1 heterocycles. The fourth-order valence-corrected chi connectivity index (χ4v) is 8.04. The number of rotatable bonds is 11. The number of nitrogens with two attached hydrogens (primary N) is 1. The van der Waals surface area contributed by atoms with Gasteiger partial charge in [-0.15, -0.1) is 0 Å². The normalized spacial score (nSPS) is 28.2. The fraction of sp³-hybridized carbons (Fsp3) is 0.853. The van der Waals surface area contributed by atoms with E-state index in [0.29, 0.717) is 37.1 Å². The number of hydrogen-bond donors (Lipinski definition) is 1. The molecule has 4 aliphatic rings. The Balaban J connectivity index is 1.58. The molecule has 8 heteroatoms. The van der Waals surface area contributed by atoms with Crippen LogP contribution in [0.15, 0.2) is 0 Å². The maximum atomic E-state index is 14.4. The summed E-state index contributed by atoms with van der Waals surface area (Å²) in [5.41, 5.74) is 4.13. The van der Waals surface area contributed by atoms with Crippen LogP contribution in [0.5, 0.6) is 0 Å². The topological polar surface area (TPSA) is 124 Å². The van der Waals surface area contributed by atoms with Crippen molar-refractivity contribution in [2.75, 3.05) is 6.54 Å². The minimum atomic E-state index is -0.993. The lowest BCUT2D eigenvalue weighted by Crippen LogP contribution is -2.48. The summed E-state index contributed by atoms with van der Waals surface area (Å²) in [5, 5.41) is 0. The van der Waals surface area contributed by atoms with Crippen LogP contribution in [0.1, 0.15) is 125 Å². The molecule has 42 heavy (non-hydrogen) atoms. The second-order valence-corrected chi connectivity index (χ2v) is 16.1. The average Bonchev–Trinajstić information content (AvgIpc) is 3.42. The van der Waals surface area contributed by atoms with Crippen molar-refractivity contribution in [1.29, 1.82) is 0 Å². The number of esters is 1. The number of nitrogens with zero attached hydrogens (tertiary/aromatic N) is 1. The molecule has 2 amide bonds. The van der Waals surface area contributed by atoms with E-state index in [1.807, 2.05) is 41.5 Å². The number of ketones is 2. The molecule has 0 aromatic heterocycles. The lowest BCUT2D eigenvalue weighted by atomic mass is 9.75. The van der Waals surface area contributed by atoms with E-state index in [4.69, 9.17) is 10.5 Å². The highest BCUT2D eigenvalue weighted by Gasteiger charge is 2.64. The van der Waals surface area contributed by atoms with Crippen LogP contribution in [0.4, 0.5) is 0 Å². The highest BCUT2D eigenvalue weighted by atomic mass is 16.6. The highest BCUT2D eigenvalue weighted by molar-refractivity contribution is 6.36. The van der Waals surface area contributed by atoms with E-state index in [-0.39, 0.29) is 29.9 Å². The van der Waals surface area contributed by atoms with Gasteiger partial charge in [0.2, 0.25) is 11.7 Å². The van der Waals surface area contributed by atoms with Gasteiger partial charge >= 0.3 is 5.97 Å². The molecular formula is C34H54N2O6. The minimum absolute atomic E-state index is 0.0550. The van der Waals surface area contributed by atoms with Gasteiger partial charge in [-0.05, 0) is 68.6 Å². The van der Waals surface area contributed by atoms with Crippen molar-refractivity contribution in [2.45, 2.75) is 137 Å². The third-order valence-electron chi connectivity index (χ3n) is 10.6. The number of hydrogen-bond acceptors (Lipinski definition) is 6. The second kappa shape index (κ2) is 12.4. The van der Waals surface area contributed by atoms with Gasteiger partial charge in [0.25, 0.3) is 5.91 Å². The van der Waals surface area contributed by atoms with Gasteiger partial charge in [0, 0.05) is 18.9 Å². The summed E-state index contributed by atoms with van der Waals surface area (Å²) in [6.07, 6.45) is 11.2. The van der Waals surface area contributed by atoms with E-state index < -0.39 is 46.6 Å². The molecule has 4 fully saturated rings. The summed E-state index contributed by atoms with van der Waals surface area (Å²) in [5.74, 6) is -2.35. The van der Waals surface area contributed by atoms with Gasteiger partial charge in [0.05, 0.1) is 18.4 Å². The maximum Gasteiger partial charge on any atom is 0.307 e. The van der Waals surface area contributed by atoms with E-state index in [0.717, 1.165) is 25.7 Å². The molecule has 5 atom stereocenters. The zero-order valence-electron chi connectivity index (χ0n) is 26.8. The number of Topliss-reactive ketones (excluding diaryl/α,β-unsaturated/α-hetero) is 2. The zero-order chi connectivity index (χ0) is 31.0. The highest BCUT2D eigenvalue weighted by Crippen LogP contribution is 2.65. The van der Waals surface area contributed by atoms with Crippen LogP contribution in [-0.4, -0.2) is 52.4 Å². The van der Waals surface area contributed by atoms with Crippen molar-refractivity contribution in [3.05, 3.63) is 0 Å². The maximum absolute atomic E-state index is 14.4. The fourth-order valence-electron chi connectivity index (χ4n) is 8.04. The van der Waals surface area contributed by atoms with E-state index in [9.17, 15) is 24.0 Å². The smallest absolute Gasteiger partial charge is 0.307 e. The summed E-state index contributed by atoms with van der Waals surface area (Å²) in [7, 11) is 0. The summed E-state index contributed by atoms with van der Waals surface area (Å²) >= 11 is 0. The molecule has 1 spiro atoms. The first-order valence-electron chi connectivity index (χ1n) is 16.4. The first-order valence-corrected chi connectivity index (χ1v) is 16.4. The molecule has 0 bridgehead atoms. The molecule has 0 aromatic rings. The number of likely N-dealkylation sites (tertiary alicyclic amines) is 1. The molecule has 3 aliphatic carbocycles. The molecule has 1 saturated heterocycles. The largest absolute Gasteiger partial charge is 0.460 e. The molecule has 3 saturated carbocycles. The lowest BCUT2D eigenvalue weighted by molar-refractivity contribution is -0.161. The predicted octanol–water partition coefficient (Wildman–Crippen LogP) is 5.39. The van der Waals surface area contributed by atoms with Gasteiger partial charge in [0.15, 0.2) is 5.78 Å². The van der Waals surface area contributed by atoms with E-state index in [1.54, 1.807) is 4.90 Å². The first-order chi connectivity index (χ1) is 19.5. The zero-order valence-corrected chi connectivity index (χ0v) is 26.8. The van der Waals surface area contributed by atoms with Gasteiger partial charge in [-0.3, -0.25) is 24.0 Å². The Bertz CT molecular complexity index is 1060. The van der Waals surface area contributed by atoms with Crippen LogP contribution in [0.25, 0.3) is 0 Å². The third-order valence-corrected chi connectivity index (χ3v) is 10.6. The summed E-state index contributed by atoms with van der Waals surface area (Å²) in [6, 6.07) is -0.654. The lowest BCUT2D eigenvalue weighted by Gasteiger charge is -2.35.